The molecule has 0 radical (unpaired) electrons. The van der Waals surface area contributed by atoms with Crippen molar-refractivity contribution in [3.8, 4) is 0 Å². The molecular formula is C18H11ClN2O2. The molecule has 3 aromatic rings. The third-order valence-electron chi connectivity index (χ3n) is 3.63. The van der Waals surface area contributed by atoms with E-state index in [1.165, 1.54) is 0 Å². The molecule has 5 heteroatoms. The van der Waals surface area contributed by atoms with Crippen LogP contribution in [0.1, 0.15) is 11.1 Å². The molecule has 0 fully saturated rings. The number of nitrogens with zero attached hydrogens (tertiary/aromatic N) is 1. The van der Waals surface area contributed by atoms with Gasteiger partial charge in [0.05, 0.1) is 0 Å². The third-order valence-corrected chi connectivity index (χ3v) is 3.88. The SMILES string of the molecule is O=C1OC(c2ccc(Cl)cc2)=N/C1=C\c1c[nH]c2ccccc12. The third kappa shape index (κ3) is 2.53. The smallest absolute Gasteiger partial charge is 0.363 e. The van der Waals surface area contributed by atoms with Gasteiger partial charge in [-0.15, -0.1) is 0 Å². The Balaban J connectivity index is 1.73. The van der Waals surface area contributed by atoms with Crippen molar-refractivity contribution in [3.05, 3.63) is 76.6 Å². The first-order valence-electron chi connectivity index (χ1n) is 7.05. The second-order valence-corrected chi connectivity index (χ2v) is 5.57. The van der Waals surface area contributed by atoms with Gasteiger partial charge in [0.15, 0.2) is 5.70 Å². The van der Waals surface area contributed by atoms with Gasteiger partial charge in [-0.2, -0.15) is 0 Å². The average molecular weight is 323 g/mol. The maximum absolute atomic E-state index is 12.0. The normalized spacial score (nSPS) is 16.0. The van der Waals surface area contributed by atoms with E-state index in [0.717, 1.165) is 16.5 Å². The lowest BCUT2D eigenvalue weighted by atomic mass is 10.1. The van der Waals surface area contributed by atoms with Crippen LogP contribution in [0.2, 0.25) is 5.02 Å². The van der Waals surface area contributed by atoms with E-state index < -0.39 is 5.97 Å². The van der Waals surface area contributed by atoms with E-state index in [1.807, 2.05) is 30.5 Å². The molecule has 1 aliphatic heterocycles. The average Bonchev–Trinajstić information content (AvgIpc) is 3.13. The zero-order chi connectivity index (χ0) is 15.8. The number of carbonyl (C=O) groups excluding carboxylic acids is 1. The monoisotopic (exact) mass is 322 g/mol. The molecular weight excluding hydrogens is 312 g/mol. The Labute approximate surface area is 137 Å². The van der Waals surface area contributed by atoms with Gasteiger partial charge in [0, 0.05) is 33.2 Å². The van der Waals surface area contributed by atoms with Gasteiger partial charge in [-0.25, -0.2) is 9.79 Å². The number of esters is 1. The first-order chi connectivity index (χ1) is 11.2. The number of aromatic amines is 1. The number of para-hydroxylation sites is 1. The molecule has 1 aliphatic rings. The summed E-state index contributed by atoms with van der Waals surface area (Å²) in [5.74, 6) is -0.169. The number of halogens is 1. The minimum Gasteiger partial charge on any atom is -0.402 e. The highest BCUT2D eigenvalue weighted by Crippen LogP contribution is 2.24. The van der Waals surface area contributed by atoms with Crippen molar-refractivity contribution in [2.45, 2.75) is 0 Å². The van der Waals surface area contributed by atoms with Crippen LogP contribution in [0.15, 0.2) is 65.4 Å². The fraction of sp³-hybridized carbons (Fsp3) is 0. The van der Waals surface area contributed by atoms with Crippen molar-refractivity contribution < 1.29 is 9.53 Å². The van der Waals surface area contributed by atoms with Gasteiger partial charge < -0.3 is 9.72 Å². The summed E-state index contributed by atoms with van der Waals surface area (Å²) < 4.78 is 5.25. The topological polar surface area (TPSA) is 54.4 Å². The Morgan fingerprint density at radius 1 is 1.09 bits per heavy atom. The predicted octanol–water partition coefficient (Wildman–Crippen LogP) is 4.17. The van der Waals surface area contributed by atoms with Crippen LogP contribution in [0.5, 0.6) is 0 Å². The minimum absolute atomic E-state index is 0.278. The van der Waals surface area contributed by atoms with Gasteiger partial charge in [0.1, 0.15) is 0 Å². The van der Waals surface area contributed by atoms with Gasteiger partial charge in [-0.05, 0) is 36.4 Å². The number of hydrogen-bond acceptors (Lipinski definition) is 3. The van der Waals surface area contributed by atoms with E-state index in [1.54, 1.807) is 30.3 Å². The Morgan fingerprint density at radius 2 is 1.87 bits per heavy atom. The van der Waals surface area contributed by atoms with Crippen molar-refractivity contribution >= 4 is 40.4 Å². The second-order valence-electron chi connectivity index (χ2n) is 5.13. The number of fused-ring (bicyclic) bond motifs is 1. The molecule has 0 bridgehead atoms. The molecule has 1 aromatic heterocycles. The molecule has 1 N–H and O–H groups in total. The fourth-order valence-corrected chi connectivity index (χ4v) is 2.61. The molecule has 0 amide bonds. The molecule has 0 aliphatic carbocycles. The Kier molecular flexibility index (Phi) is 3.24. The van der Waals surface area contributed by atoms with Gasteiger partial charge in [-0.3, -0.25) is 0 Å². The number of cyclic esters (lactones) is 1. The number of nitrogens with one attached hydrogen (secondary N) is 1. The van der Waals surface area contributed by atoms with Crippen LogP contribution in [-0.4, -0.2) is 16.9 Å². The molecule has 0 atom stereocenters. The number of rotatable bonds is 2. The van der Waals surface area contributed by atoms with Crippen LogP contribution in [0.25, 0.3) is 17.0 Å². The van der Waals surface area contributed by atoms with E-state index in [9.17, 15) is 4.79 Å². The van der Waals surface area contributed by atoms with E-state index in [-0.39, 0.29) is 11.6 Å². The zero-order valence-electron chi connectivity index (χ0n) is 11.9. The van der Waals surface area contributed by atoms with Gasteiger partial charge in [0.25, 0.3) is 0 Å². The summed E-state index contributed by atoms with van der Waals surface area (Å²) in [5, 5.41) is 1.65. The number of carbonyl (C=O) groups is 1. The highest BCUT2D eigenvalue weighted by molar-refractivity contribution is 6.30. The molecule has 4 rings (SSSR count). The molecule has 0 saturated carbocycles. The first-order valence-corrected chi connectivity index (χ1v) is 7.43. The molecule has 0 unspecified atom stereocenters. The zero-order valence-corrected chi connectivity index (χ0v) is 12.7. The maximum Gasteiger partial charge on any atom is 0.363 e. The van der Waals surface area contributed by atoms with Crippen LogP contribution in [0.3, 0.4) is 0 Å². The van der Waals surface area contributed by atoms with Gasteiger partial charge >= 0.3 is 5.97 Å². The highest BCUT2D eigenvalue weighted by Gasteiger charge is 2.24. The summed E-state index contributed by atoms with van der Waals surface area (Å²) in [5.41, 5.74) is 2.89. The summed E-state index contributed by atoms with van der Waals surface area (Å²) in [6.07, 6.45) is 3.57. The standard InChI is InChI=1S/C18H11ClN2O2/c19-13-7-5-11(6-8-13)17-21-16(18(22)23-17)9-12-10-20-15-4-2-1-3-14(12)15/h1-10,20H/b16-9-. The van der Waals surface area contributed by atoms with E-state index in [0.29, 0.717) is 10.6 Å². The van der Waals surface area contributed by atoms with Crippen molar-refractivity contribution in [1.82, 2.24) is 4.98 Å². The lowest BCUT2D eigenvalue weighted by Crippen LogP contribution is -2.05. The number of hydrogen-bond donors (Lipinski definition) is 1. The van der Waals surface area contributed by atoms with E-state index in [2.05, 4.69) is 9.98 Å². The summed E-state index contributed by atoms with van der Waals surface area (Å²) >= 11 is 5.86. The minimum atomic E-state index is -0.458. The van der Waals surface area contributed by atoms with Crippen LogP contribution in [0, 0.1) is 0 Å². The first kappa shape index (κ1) is 13.8. The molecule has 112 valence electrons. The molecule has 2 aromatic carbocycles. The largest absolute Gasteiger partial charge is 0.402 e. The lowest BCUT2D eigenvalue weighted by Gasteiger charge is -1.98. The van der Waals surface area contributed by atoms with Gasteiger partial charge in [0.2, 0.25) is 5.90 Å². The quantitative estimate of drug-likeness (QED) is 0.569. The van der Waals surface area contributed by atoms with Crippen LogP contribution in [0.4, 0.5) is 0 Å². The van der Waals surface area contributed by atoms with Crippen molar-refractivity contribution in [3.63, 3.8) is 0 Å². The van der Waals surface area contributed by atoms with Gasteiger partial charge in [-0.1, -0.05) is 29.8 Å². The van der Waals surface area contributed by atoms with Crippen LogP contribution < -0.4 is 0 Å². The van der Waals surface area contributed by atoms with Crippen LogP contribution >= 0.6 is 11.6 Å². The summed E-state index contributed by atoms with van der Waals surface area (Å²) in [7, 11) is 0. The number of ether oxygens (including phenoxy) is 1. The number of aromatic nitrogens is 1. The maximum atomic E-state index is 12.0. The van der Waals surface area contributed by atoms with Crippen molar-refractivity contribution in [2.75, 3.05) is 0 Å². The Morgan fingerprint density at radius 3 is 2.70 bits per heavy atom. The molecule has 0 spiro atoms. The Bertz CT molecular complexity index is 968. The fourth-order valence-electron chi connectivity index (χ4n) is 2.49. The van der Waals surface area contributed by atoms with Crippen molar-refractivity contribution in [1.29, 1.82) is 0 Å². The van der Waals surface area contributed by atoms with E-state index in [4.69, 9.17) is 16.3 Å². The predicted molar refractivity (Wildman–Crippen MR) is 90.4 cm³/mol. The molecule has 2 heterocycles. The number of H-pyrrole nitrogens is 1. The Hall–Kier alpha value is -2.85. The van der Waals surface area contributed by atoms with Crippen molar-refractivity contribution in [2.24, 2.45) is 4.99 Å². The second kappa shape index (κ2) is 5.41. The van der Waals surface area contributed by atoms with E-state index >= 15 is 0 Å². The molecule has 0 saturated heterocycles. The highest BCUT2D eigenvalue weighted by atomic mass is 35.5. The molecule has 23 heavy (non-hydrogen) atoms. The lowest BCUT2D eigenvalue weighted by molar-refractivity contribution is -0.129. The van der Waals surface area contributed by atoms with Crippen LogP contribution in [-0.2, 0) is 9.53 Å². The molecule has 4 nitrogen and oxygen atoms in total. The summed E-state index contributed by atoms with van der Waals surface area (Å²) in [6.45, 7) is 0. The number of benzene rings is 2. The summed E-state index contributed by atoms with van der Waals surface area (Å²) in [6, 6.07) is 14.9. The summed E-state index contributed by atoms with van der Waals surface area (Å²) in [4.78, 5) is 19.5. The number of aliphatic imine (C=N–C) groups is 1.